The van der Waals surface area contributed by atoms with Crippen molar-refractivity contribution in [3.63, 3.8) is 0 Å². The van der Waals surface area contributed by atoms with Gasteiger partial charge in [-0.15, -0.1) is 0 Å². The van der Waals surface area contributed by atoms with Gasteiger partial charge in [0.25, 0.3) is 0 Å². The second-order valence-electron chi connectivity index (χ2n) is 10.8. The van der Waals surface area contributed by atoms with Crippen LogP contribution in [0.4, 0.5) is 0 Å². The van der Waals surface area contributed by atoms with Crippen LogP contribution in [0, 0.1) is 34.0 Å². The summed E-state index contributed by atoms with van der Waals surface area (Å²) in [6, 6.07) is 43.9. The fourth-order valence-corrected chi connectivity index (χ4v) is 5.95. The van der Waals surface area contributed by atoms with Crippen molar-refractivity contribution in [2.24, 2.45) is 0 Å². The van der Waals surface area contributed by atoms with E-state index < -0.39 is 0 Å². The molecular formula is C39H19N3O2. The van der Waals surface area contributed by atoms with Gasteiger partial charge in [-0.2, -0.15) is 15.8 Å². The zero-order valence-corrected chi connectivity index (χ0v) is 23.1. The van der Waals surface area contributed by atoms with Gasteiger partial charge in [-0.05, 0) is 124 Å². The lowest BCUT2D eigenvalue weighted by molar-refractivity contribution is 0.668. The molecule has 0 amide bonds. The lowest BCUT2D eigenvalue weighted by atomic mass is 9.92. The number of nitrogens with zero attached hydrogens (tertiary/aromatic N) is 3. The highest BCUT2D eigenvalue weighted by molar-refractivity contribution is 6.08. The van der Waals surface area contributed by atoms with E-state index in [1.165, 1.54) is 0 Å². The van der Waals surface area contributed by atoms with Crippen molar-refractivity contribution in [3.8, 4) is 51.6 Å². The molecule has 0 radical (unpaired) electrons. The van der Waals surface area contributed by atoms with Gasteiger partial charge < -0.3 is 8.83 Å². The molecule has 0 unspecified atom stereocenters. The number of rotatable bonds is 3. The molecule has 0 fully saturated rings. The van der Waals surface area contributed by atoms with Crippen molar-refractivity contribution in [1.29, 1.82) is 15.8 Å². The molecule has 0 saturated carbocycles. The van der Waals surface area contributed by atoms with Gasteiger partial charge in [-0.3, -0.25) is 0 Å². The third-order valence-electron chi connectivity index (χ3n) is 8.12. The molecule has 0 atom stereocenters. The van der Waals surface area contributed by atoms with Crippen molar-refractivity contribution in [1.82, 2.24) is 0 Å². The predicted octanol–water partition coefficient (Wildman–Crippen LogP) is 10.1. The van der Waals surface area contributed by atoms with Crippen LogP contribution in [0.25, 0.3) is 77.3 Å². The minimum atomic E-state index is 0.580. The summed E-state index contributed by atoms with van der Waals surface area (Å²) in [6.07, 6.45) is 0. The Kier molecular flexibility index (Phi) is 5.56. The number of nitriles is 3. The van der Waals surface area contributed by atoms with Crippen LogP contribution in [-0.2, 0) is 0 Å². The molecule has 44 heavy (non-hydrogen) atoms. The van der Waals surface area contributed by atoms with Gasteiger partial charge in [0.2, 0.25) is 0 Å². The molecule has 8 aromatic rings. The van der Waals surface area contributed by atoms with Crippen molar-refractivity contribution < 1.29 is 8.83 Å². The van der Waals surface area contributed by atoms with Gasteiger partial charge in [0, 0.05) is 21.5 Å². The Morgan fingerprint density at radius 2 is 0.727 bits per heavy atom. The second-order valence-corrected chi connectivity index (χ2v) is 10.8. The summed E-state index contributed by atoms with van der Waals surface area (Å²) < 4.78 is 12.1. The van der Waals surface area contributed by atoms with Crippen molar-refractivity contribution in [3.05, 3.63) is 132 Å². The lowest BCUT2D eigenvalue weighted by Gasteiger charge is -2.12. The Morgan fingerprint density at radius 3 is 1.18 bits per heavy atom. The summed E-state index contributed by atoms with van der Waals surface area (Å²) in [5, 5.41) is 32.2. The first-order chi connectivity index (χ1) is 21.6. The maximum atomic E-state index is 9.57. The molecule has 202 valence electrons. The van der Waals surface area contributed by atoms with Crippen molar-refractivity contribution in [2.45, 2.75) is 0 Å². The zero-order valence-electron chi connectivity index (χ0n) is 23.1. The molecule has 5 nitrogen and oxygen atoms in total. The average molecular weight is 562 g/mol. The zero-order chi connectivity index (χ0) is 29.8. The largest absolute Gasteiger partial charge is 0.456 e. The molecule has 5 heteroatoms. The first kappa shape index (κ1) is 25.1. The highest BCUT2D eigenvalue weighted by Gasteiger charge is 2.14. The van der Waals surface area contributed by atoms with Crippen LogP contribution in [0.1, 0.15) is 16.7 Å². The predicted molar refractivity (Wildman–Crippen MR) is 171 cm³/mol. The van der Waals surface area contributed by atoms with E-state index in [0.717, 1.165) is 77.3 Å². The molecule has 0 N–H and O–H groups in total. The van der Waals surface area contributed by atoms with Crippen molar-refractivity contribution >= 4 is 43.9 Å². The third-order valence-corrected chi connectivity index (χ3v) is 8.12. The smallest absolute Gasteiger partial charge is 0.135 e. The first-order valence-electron chi connectivity index (χ1n) is 14.0. The number of fused-ring (bicyclic) bond motifs is 6. The number of hydrogen-bond donors (Lipinski definition) is 0. The summed E-state index contributed by atoms with van der Waals surface area (Å²) in [4.78, 5) is 0. The standard InChI is InChI=1S/C39H19N3O2/c40-20-23-2-1-3-26(12-23)29-15-30(27-6-10-38-34(18-27)32-13-24(21-41)4-8-36(32)43-38)17-31(16-29)28-7-11-39-35(19-28)33-14-25(22-42)5-9-37(33)44-39/h1-19H. The van der Waals surface area contributed by atoms with Gasteiger partial charge in [-0.25, -0.2) is 0 Å². The maximum absolute atomic E-state index is 9.57. The quantitative estimate of drug-likeness (QED) is 0.214. The summed E-state index contributed by atoms with van der Waals surface area (Å²) in [5.41, 5.74) is 10.6. The summed E-state index contributed by atoms with van der Waals surface area (Å²) in [6.45, 7) is 0. The van der Waals surface area contributed by atoms with E-state index >= 15 is 0 Å². The van der Waals surface area contributed by atoms with E-state index in [1.807, 2.05) is 66.7 Å². The molecule has 6 aromatic carbocycles. The normalized spacial score (nSPS) is 11.1. The first-order valence-corrected chi connectivity index (χ1v) is 14.0. The Labute approximate surface area is 251 Å². The molecule has 0 aliphatic heterocycles. The van der Waals surface area contributed by atoms with E-state index in [2.05, 4.69) is 48.5 Å². The summed E-state index contributed by atoms with van der Waals surface area (Å²) in [7, 11) is 0. The molecule has 2 heterocycles. The maximum Gasteiger partial charge on any atom is 0.135 e. The molecule has 0 saturated heterocycles. The van der Waals surface area contributed by atoms with E-state index in [4.69, 9.17) is 8.83 Å². The van der Waals surface area contributed by atoms with Gasteiger partial charge in [0.15, 0.2) is 0 Å². The SMILES string of the molecule is N#Cc1cccc(-c2cc(-c3ccc4oc5ccc(C#N)cc5c4c3)cc(-c3ccc4oc5ccc(C#N)cc5c4c3)c2)c1. The molecule has 0 spiro atoms. The molecular weight excluding hydrogens is 542 g/mol. The highest BCUT2D eigenvalue weighted by atomic mass is 16.3. The number of furan rings is 2. The minimum absolute atomic E-state index is 0.580. The number of benzene rings is 6. The van der Waals surface area contributed by atoms with E-state index in [9.17, 15) is 15.8 Å². The summed E-state index contributed by atoms with van der Waals surface area (Å²) in [5.74, 6) is 0. The van der Waals surface area contributed by atoms with Crippen LogP contribution < -0.4 is 0 Å². The highest BCUT2D eigenvalue weighted by Crippen LogP contribution is 2.39. The third kappa shape index (κ3) is 4.07. The van der Waals surface area contributed by atoms with Gasteiger partial charge in [0.1, 0.15) is 22.3 Å². The lowest BCUT2D eigenvalue weighted by Crippen LogP contribution is -1.87. The van der Waals surface area contributed by atoms with E-state index in [1.54, 1.807) is 18.2 Å². The van der Waals surface area contributed by atoms with Gasteiger partial charge >= 0.3 is 0 Å². The van der Waals surface area contributed by atoms with E-state index in [0.29, 0.717) is 16.7 Å². The topological polar surface area (TPSA) is 97.7 Å². The Morgan fingerprint density at radius 1 is 0.341 bits per heavy atom. The van der Waals surface area contributed by atoms with Crippen LogP contribution in [0.2, 0.25) is 0 Å². The van der Waals surface area contributed by atoms with Gasteiger partial charge in [0.05, 0.1) is 34.9 Å². The molecule has 2 aromatic heterocycles. The Bertz CT molecular complexity index is 2450. The second kappa shape index (κ2) is 9.74. The van der Waals surface area contributed by atoms with Crippen LogP contribution in [0.5, 0.6) is 0 Å². The van der Waals surface area contributed by atoms with Crippen molar-refractivity contribution in [2.75, 3.05) is 0 Å². The molecule has 8 rings (SSSR count). The average Bonchev–Trinajstić information content (AvgIpc) is 3.64. The molecule has 0 aliphatic rings. The Hall–Kier alpha value is -6.61. The van der Waals surface area contributed by atoms with Gasteiger partial charge in [-0.1, -0.05) is 24.3 Å². The fourth-order valence-electron chi connectivity index (χ4n) is 5.95. The Balaban J connectivity index is 1.35. The molecule has 0 bridgehead atoms. The van der Waals surface area contributed by atoms with Crippen LogP contribution >= 0.6 is 0 Å². The van der Waals surface area contributed by atoms with Crippen LogP contribution in [-0.4, -0.2) is 0 Å². The van der Waals surface area contributed by atoms with E-state index in [-0.39, 0.29) is 0 Å². The summed E-state index contributed by atoms with van der Waals surface area (Å²) >= 11 is 0. The van der Waals surface area contributed by atoms with Crippen LogP contribution in [0.3, 0.4) is 0 Å². The molecule has 0 aliphatic carbocycles. The minimum Gasteiger partial charge on any atom is -0.456 e. The fraction of sp³-hybridized carbons (Fsp3) is 0. The van der Waals surface area contributed by atoms with Crippen LogP contribution in [0.15, 0.2) is 124 Å². The monoisotopic (exact) mass is 561 g/mol. The number of hydrogen-bond acceptors (Lipinski definition) is 5.